The van der Waals surface area contributed by atoms with Crippen molar-refractivity contribution in [3.8, 4) is 22.8 Å². The van der Waals surface area contributed by atoms with Crippen molar-refractivity contribution < 1.29 is 25.5 Å². The Kier molecular flexibility index (Phi) is 14.9. The number of aliphatic hydroxyl groups is 1. The van der Waals surface area contributed by atoms with Crippen molar-refractivity contribution in [2.75, 3.05) is 51.3 Å². The van der Waals surface area contributed by atoms with Gasteiger partial charge in [0.2, 0.25) is 0 Å². The van der Waals surface area contributed by atoms with Gasteiger partial charge in [0, 0.05) is 63.6 Å². The number of anilines is 1. The molecule has 4 aromatic rings. The number of hydrogen-bond donors (Lipinski definition) is 1. The molecule has 3 heterocycles. The highest BCUT2D eigenvalue weighted by Gasteiger charge is 2.24. The third-order valence-corrected chi connectivity index (χ3v) is 8.94. The van der Waals surface area contributed by atoms with Gasteiger partial charge in [-0.1, -0.05) is 35.9 Å². The van der Waals surface area contributed by atoms with Gasteiger partial charge in [-0.25, -0.2) is 9.79 Å². The average molecular weight is 719 g/mol. The van der Waals surface area contributed by atoms with Crippen molar-refractivity contribution >= 4 is 36.2 Å². The molecule has 0 saturated carbocycles. The van der Waals surface area contributed by atoms with Gasteiger partial charge >= 0.3 is 5.69 Å². The monoisotopic (exact) mass is 717 g/mol. The number of aliphatic hydroxyl groups excluding tert-OH is 1. The van der Waals surface area contributed by atoms with Crippen molar-refractivity contribution in [3.63, 3.8) is 0 Å². The fraction of sp³-hybridized carbons (Fsp3) is 0.389. The first-order chi connectivity index (χ1) is 21.7. The van der Waals surface area contributed by atoms with Crippen LogP contribution in [0.4, 0.5) is 11.4 Å². The van der Waals surface area contributed by atoms with Crippen LogP contribution in [0.1, 0.15) is 22.3 Å². The summed E-state index contributed by atoms with van der Waals surface area (Å²) in [4.78, 5) is 23.2. The molecule has 6 rings (SSSR count). The third-order valence-electron chi connectivity index (χ3n) is 8.94. The number of methoxy groups -OCH3 is 1. The van der Waals surface area contributed by atoms with E-state index in [-0.39, 0.29) is 48.1 Å². The van der Waals surface area contributed by atoms with Crippen LogP contribution >= 0.6 is 24.8 Å². The van der Waals surface area contributed by atoms with Crippen molar-refractivity contribution in [3.05, 3.63) is 98.9 Å². The number of nitrogens with zero attached hydrogens (tertiary/aromatic N) is 5. The van der Waals surface area contributed by atoms with Crippen molar-refractivity contribution in [2.45, 2.75) is 39.8 Å². The topological polar surface area (TPSA) is 147 Å². The van der Waals surface area contributed by atoms with Gasteiger partial charge in [-0.3, -0.25) is 14.0 Å². The van der Waals surface area contributed by atoms with Crippen LogP contribution in [0.3, 0.4) is 0 Å². The summed E-state index contributed by atoms with van der Waals surface area (Å²) in [5, 5.41) is 10.9. The quantitative estimate of drug-likeness (QED) is 0.296. The summed E-state index contributed by atoms with van der Waals surface area (Å²) >= 11 is 0. The standard InChI is InChI=1S/C36H43N5O4.2ClH.2H2O/c1-24-17-25(2)35(26(3)18-24)37-34-21-31-30-20-33(32(44-5)19-27(30)11-12-41(31)36(43)38(34)4)45-23-29(42)22-39-13-15-40(16-14-39)28-9-7-6-8-10-28;;;;/h6-10,17-21,29,42H,11-16,22-23H2,1-5H3;2*1H;2*1H2. The van der Waals surface area contributed by atoms with Gasteiger partial charge < -0.3 is 30.4 Å². The molecule has 5 N–H and O–H groups in total. The van der Waals surface area contributed by atoms with E-state index in [4.69, 9.17) is 14.5 Å². The second-order valence-electron chi connectivity index (χ2n) is 12.2. The maximum atomic E-state index is 13.5. The van der Waals surface area contributed by atoms with Gasteiger partial charge in [-0.15, -0.1) is 24.8 Å². The molecule has 11 nitrogen and oxygen atoms in total. The lowest BCUT2D eigenvalue weighted by molar-refractivity contribution is 0.0653. The van der Waals surface area contributed by atoms with E-state index in [1.54, 1.807) is 23.3 Å². The summed E-state index contributed by atoms with van der Waals surface area (Å²) in [6, 6.07) is 20.6. The average Bonchev–Trinajstić information content (AvgIpc) is 3.04. The molecular formula is C36H49Cl2N5O6. The third kappa shape index (κ3) is 8.85. The number of halogens is 2. The minimum absolute atomic E-state index is 0. The molecule has 3 aromatic carbocycles. The molecule has 1 fully saturated rings. The Balaban J connectivity index is 0.00000208. The number of ether oxygens (including phenoxy) is 2. The van der Waals surface area contributed by atoms with E-state index in [1.807, 2.05) is 38.1 Å². The normalized spacial score (nSPS) is 14.6. The molecule has 268 valence electrons. The number of aromatic nitrogens is 2. The van der Waals surface area contributed by atoms with E-state index in [0.29, 0.717) is 36.5 Å². The molecular weight excluding hydrogens is 669 g/mol. The Morgan fingerprint density at radius 1 is 0.878 bits per heavy atom. The summed E-state index contributed by atoms with van der Waals surface area (Å²) in [7, 11) is 3.40. The van der Waals surface area contributed by atoms with E-state index in [0.717, 1.165) is 59.8 Å². The molecule has 1 aromatic heterocycles. The van der Waals surface area contributed by atoms with Gasteiger partial charge in [0.25, 0.3) is 0 Å². The second kappa shape index (κ2) is 17.7. The van der Waals surface area contributed by atoms with E-state index in [9.17, 15) is 9.90 Å². The minimum Gasteiger partial charge on any atom is -0.493 e. The first-order valence-corrected chi connectivity index (χ1v) is 15.7. The van der Waals surface area contributed by atoms with Crippen LogP contribution in [0.2, 0.25) is 0 Å². The molecule has 49 heavy (non-hydrogen) atoms. The molecule has 13 heteroatoms. The molecule has 1 unspecified atom stereocenters. The number of aryl methyl sites for hydroxylation is 4. The first kappa shape index (κ1) is 41.3. The minimum atomic E-state index is -0.658. The van der Waals surface area contributed by atoms with Gasteiger partial charge in [0.15, 0.2) is 11.5 Å². The Hall–Kier alpha value is -3.84. The lowest BCUT2D eigenvalue weighted by Gasteiger charge is -2.36. The molecule has 1 saturated heterocycles. The number of hydrogen-bond acceptors (Lipinski definition) is 7. The van der Waals surface area contributed by atoms with Crippen LogP contribution in [0.15, 0.2) is 70.5 Å². The molecule has 0 amide bonds. The number of benzene rings is 3. The van der Waals surface area contributed by atoms with Gasteiger partial charge in [0.1, 0.15) is 18.2 Å². The van der Waals surface area contributed by atoms with Crippen molar-refractivity contribution in [1.82, 2.24) is 14.0 Å². The Morgan fingerprint density at radius 3 is 2.16 bits per heavy atom. The number of rotatable bonds is 8. The van der Waals surface area contributed by atoms with Gasteiger partial charge in [-0.05, 0) is 68.1 Å². The van der Waals surface area contributed by atoms with Gasteiger partial charge in [-0.2, -0.15) is 0 Å². The summed E-state index contributed by atoms with van der Waals surface area (Å²) in [5.41, 5.74) is 8.72. The second-order valence-corrected chi connectivity index (χ2v) is 12.2. The van der Waals surface area contributed by atoms with Crippen LogP contribution in [0.5, 0.6) is 11.5 Å². The number of β-amino-alcohol motifs (C(OH)–C–C–N with tert-alkyl or cyclic N) is 1. The molecule has 1 atom stereocenters. The van der Waals surface area contributed by atoms with E-state index in [2.05, 4.69) is 53.1 Å². The fourth-order valence-corrected chi connectivity index (χ4v) is 6.61. The zero-order valence-electron chi connectivity index (χ0n) is 28.7. The van der Waals surface area contributed by atoms with Crippen LogP contribution in [-0.4, -0.2) is 82.6 Å². The molecule has 2 aliphatic rings. The van der Waals surface area contributed by atoms with Crippen molar-refractivity contribution in [2.24, 2.45) is 12.0 Å². The first-order valence-electron chi connectivity index (χ1n) is 15.7. The summed E-state index contributed by atoms with van der Waals surface area (Å²) < 4.78 is 15.3. The SMILES string of the molecule is COc1cc2c(cc1OCC(O)CN1CCN(c3ccccc3)CC1)-c1cc(=Nc3c(C)cc(C)cc3C)n(C)c(=O)n1CC2.Cl.Cl.O.O. The number of para-hydroxylation sites is 1. The summed E-state index contributed by atoms with van der Waals surface area (Å²) in [6.45, 7) is 11.0. The zero-order valence-corrected chi connectivity index (χ0v) is 30.4. The Labute approximate surface area is 299 Å². The van der Waals surface area contributed by atoms with Crippen molar-refractivity contribution in [1.29, 1.82) is 0 Å². The molecule has 0 radical (unpaired) electrons. The van der Waals surface area contributed by atoms with Crippen LogP contribution < -0.4 is 25.6 Å². The Bertz CT molecular complexity index is 1820. The predicted octanol–water partition coefficient (Wildman–Crippen LogP) is 3.33. The molecule has 0 spiro atoms. The highest BCUT2D eigenvalue weighted by molar-refractivity contribution is 5.85. The smallest absolute Gasteiger partial charge is 0.329 e. The summed E-state index contributed by atoms with van der Waals surface area (Å²) in [5.74, 6) is 1.16. The fourth-order valence-electron chi connectivity index (χ4n) is 6.61. The van der Waals surface area contributed by atoms with Crippen LogP contribution in [-0.2, 0) is 20.0 Å². The van der Waals surface area contributed by atoms with Crippen LogP contribution in [0, 0.1) is 20.8 Å². The number of fused-ring (bicyclic) bond motifs is 3. The molecule has 2 aliphatic heterocycles. The van der Waals surface area contributed by atoms with E-state index < -0.39 is 6.10 Å². The zero-order chi connectivity index (χ0) is 31.7. The van der Waals surface area contributed by atoms with E-state index >= 15 is 0 Å². The summed E-state index contributed by atoms with van der Waals surface area (Å²) in [6.07, 6.45) is 0.0396. The van der Waals surface area contributed by atoms with Gasteiger partial charge in [0.05, 0.1) is 18.5 Å². The lowest BCUT2D eigenvalue weighted by atomic mass is 9.97. The molecule has 0 aliphatic carbocycles. The maximum Gasteiger partial charge on any atom is 0.329 e. The van der Waals surface area contributed by atoms with E-state index in [1.165, 1.54) is 11.3 Å². The molecule has 0 bridgehead atoms. The number of piperazine rings is 1. The Morgan fingerprint density at radius 2 is 1.53 bits per heavy atom. The predicted molar refractivity (Wildman–Crippen MR) is 200 cm³/mol. The highest BCUT2D eigenvalue weighted by atomic mass is 35.5. The largest absolute Gasteiger partial charge is 0.493 e. The van der Waals surface area contributed by atoms with Crippen LogP contribution in [0.25, 0.3) is 11.3 Å². The lowest BCUT2D eigenvalue weighted by Crippen LogP contribution is -2.49. The maximum absolute atomic E-state index is 13.5. The highest BCUT2D eigenvalue weighted by Crippen LogP contribution is 2.38.